The van der Waals surface area contributed by atoms with E-state index < -0.39 is 191 Å². The lowest BCUT2D eigenvalue weighted by Crippen LogP contribution is -2.69. The van der Waals surface area contributed by atoms with Gasteiger partial charge in [-0.25, -0.2) is 14.4 Å². The SMILES string of the molecule is CCCCCCCS[C@@H]1O[C@H](COC(=O)c2ccccc2)[C@@H](S[C@@H]2O[C@H](COC(C)=O)[C@H](OC(C)=O)[C@H](S[C@]3(C(=O)OC)C[C@H](OC(C)=O)[C@@H](NC(C)=O)[C@H]([C@H](OC(C)=O)[C@@H](COC(C)=O)OC(C)=O)O3)[C@H]2OC(=O)c2ccccc2)[C@H](OC(C)=O)[C@H]1OC(C)=O. The monoisotopic (exact) mass is 1340 g/mol. The van der Waals surface area contributed by atoms with E-state index in [2.05, 4.69) is 12.2 Å². The van der Waals surface area contributed by atoms with Gasteiger partial charge in [-0.05, 0) is 36.4 Å². The molecule has 3 aliphatic rings. The molecule has 0 bridgehead atoms. The van der Waals surface area contributed by atoms with Crippen molar-refractivity contribution in [1.82, 2.24) is 5.32 Å². The van der Waals surface area contributed by atoms with Gasteiger partial charge < -0.3 is 71.6 Å². The molecule has 1 N–H and O–H groups in total. The minimum Gasteiger partial charge on any atom is -0.466 e. The summed E-state index contributed by atoms with van der Waals surface area (Å²) in [6.45, 7) is 9.28. The summed E-state index contributed by atoms with van der Waals surface area (Å²) in [5, 5.41) is -0.551. The molecule has 0 aromatic heterocycles. The van der Waals surface area contributed by atoms with Crippen LogP contribution in [0.25, 0.3) is 0 Å². The van der Waals surface area contributed by atoms with Crippen LogP contribution in [0.1, 0.15) is 128 Å². The Balaban J connectivity index is 1.85. The number of hydrogen-bond donors (Lipinski definition) is 1. The molecule has 3 fully saturated rings. The Morgan fingerprint density at radius 3 is 1.66 bits per heavy atom. The van der Waals surface area contributed by atoms with Gasteiger partial charge in [-0.3, -0.25) is 43.2 Å². The molecule has 3 heterocycles. The van der Waals surface area contributed by atoms with Crippen LogP contribution in [-0.4, -0.2) is 198 Å². The van der Waals surface area contributed by atoms with Gasteiger partial charge in [-0.15, -0.1) is 35.3 Å². The molecule has 0 spiro atoms. The van der Waals surface area contributed by atoms with Gasteiger partial charge in [-0.2, -0.15) is 0 Å². The van der Waals surface area contributed by atoms with E-state index in [1.54, 1.807) is 24.3 Å². The molecule has 0 saturated carbocycles. The topological polar surface area (TPSA) is 346 Å². The third-order valence-electron chi connectivity index (χ3n) is 13.8. The first-order chi connectivity index (χ1) is 43.2. The van der Waals surface area contributed by atoms with Crippen LogP contribution in [-0.2, 0) is 114 Å². The van der Waals surface area contributed by atoms with Crippen molar-refractivity contribution >= 4 is 107 Å². The zero-order valence-electron chi connectivity index (χ0n) is 52.3. The van der Waals surface area contributed by atoms with E-state index in [4.69, 9.17) is 66.3 Å². The maximum Gasteiger partial charge on any atom is 0.349 e. The Labute approximate surface area is 539 Å². The molecule has 5 rings (SSSR count). The molecule has 3 aliphatic heterocycles. The number of carbonyl (C=O) groups excluding carboxylic acids is 12. The number of thioether (sulfide) groups is 3. The van der Waals surface area contributed by atoms with Crippen LogP contribution < -0.4 is 5.32 Å². The number of benzene rings is 2. The number of unbranched alkanes of at least 4 members (excludes halogenated alkanes) is 4. The number of methoxy groups -OCH3 is 1. The van der Waals surface area contributed by atoms with Crippen molar-refractivity contribution in [3.05, 3.63) is 71.8 Å². The van der Waals surface area contributed by atoms with E-state index in [0.717, 1.165) is 107 Å². The number of hydrogen-bond acceptors (Lipinski definition) is 29. The van der Waals surface area contributed by atoms with Crippen LogP contribution >= 0.6 is 35.3 Å². The molecule has 0 radical (unpaired) electrons. The summed E-state index contributed by atoms with van der Waals surface area (Å²) in [5.41, 5.74) is -2.72. The highest BCUT2D eigenvalue weighted by atomic mass is 32.2. The van der Waals surface area contributed by atoms with E-state index in [0.29, 0.717) is 23.9 Å². The third-order valence-corrected chi connectivity index (χ3v) is 18.2. The predicted octanol–water partition coefficient (Wildman–Crippen LogP) is 5.31. The van der Waals surface area contributed by atoms with Gasteiger partial charge in [0, 0.05) is 68.7 Å². The first kappa shape index (κ1) is 74.7. The Kier molecular flexibility index (Phi) is 29.8. The van der Waals surface area contributed by atoms with Gasteiger partial charge in [0.2, 0.25) is 10.8 Å². The molecule has 0 aliphatic carbocycles. The second-order valence-electron chi connectivity index (χ2n) is 21.2. The van der Waals surface area contributed by atoms with Crippen molar-refractivity contribution in [2.24, 2.45) is 0 Å². The van der Waals surface area contributed by atoms with Crippen molar-refractivity contribution in [3.8, 4) is 0 Å². The van der Waals surface area contributed by atoms with Crippen LogP contribution in [0.4, 0.5) is 0 Å². The number of carbonyl (C=O) groups is 12. The van der Waals surface area contributed by atoms with E-state index >= 15 is 4.79 Å². The summed E-state index contributed by atoms with van der Waals surface area (Å²) < 4.78 is 84.7. The molecular formula is C61H79NO26S3. The van der Waals surface area contributed by atoms with Gasteiger partial charge in [0.05, 0.1) is 34.8 Å². The molecular weight excluding hydrogens is 1260 g/mol. The quantitative estimate of drug-likeness (QED) is 0.0588. The van der Waals surface area contributed by atoms with E-state index in [9.17, 15) is 52.7 Å². The first-order valence-corrected chi connectivity index (χ1v) is 32.1. The lowest BCUT2D eigenvalue weighted by atomic mass is 9.89. The van der Waals surface area contributed by atoms with Crippen LogP contribution in [0.3, 0.4) is 0 Å². The summed E-state index contributed by atoms with van der Waals surface area (Å²) in [6, 6.07) is 13.8. The number of nitrogens with one attached hydrogen (secondary N) is 1. The lowest BCUT2D eigenvalue weighted by molar-refractivity contribution is -0.224. The molecule has 3 saturated heterocycles. The molecule has 91 heavy (non-hydrogen) atoms. The van der Waals surface area contributed by atoms with Gasteiger partial charge in [0.15, 0.2) is 30.5 Å². The largest absolute Gasteiger partial charge is 0.466 e. The maximum absolute atomic E-state index is 15.2. The maximum atomic E-state index is 15.2. The van der Waals surface area contributed by atoms with Crippen molar-refractivity contribution in [1.29, 1.82) is 0 Å². The number of ether oxygens (including phenoxy) is 14. The van der Waals surface area contributed by atoms with Gasteiger partial charge >= 0.3 is 65.7 Å². The average molecular weight is 1340 g/mol. The summed E-state index contributed by atoms with van der Waals surface area (Å²) in [5.74, 6) is -11.0. The Morgan fingerprint density at radius 2 is 1.11 bits per heavy atom. The highest BCUT2D eigenvalue weighted by molar-refractivity contribution is 8.02. The van der Waals surface area contributed by atoms with Gasteiger partial charge in [-0.1, -0.05) is 69.0 Å². The molecule has 2 aromatic carbocycles. The second kappa shape index (κ2) is 36.3. The van der Waals surface area contributed by atoms with Gasteiger partial charge in [0.1, 0.15) is 61.2 Å². The fourth-order valence-corrected chi connectivity index (χ4v) is 14.9. The Hall–Kier alpha value is -6.99. The minimum atomic E-state index is -2.72. The summed E-state index contributed by atoms with van der Waals surface area (Å²) in [6.07, 6.45) is -13.5. The lowest BCUT2D eigenvalue weighted by Gasteiger charge is -2.52. The normalized spacial score (nSPS) is 26.7. The van der Waals surface area contributed by atoms with Crippen molar-refractivity contribution in [3.63, 3.8) is 0 Å². The second-order valence-corrected chi connectivity index (χ2v) is 25.1. The standard InChI is InChI=1S/C61H79NO26S3/c1-12-13-14-15-22-27-89-58-52(84-40(10)71)51(83-39(9)70)54(46(86-58)31-78-56(72)41-23-18-16-19-24-41)90-59-53(87-57(73)42-25-20-17-21-26-42)55(49(82-38(8)69)45(85-59)30-77-34(4)65)91-61(60(74)75-11)28-43(79-35(5)66)47(62-32(2)63)50(88-61)48(81-37(7)68)44(80-36(6)67)29-76-33(3)64/h16-21,23-26,43-55,58-59H,12-15,22,27-31H2,1-11H3,(H,62,63)/t43-,44+,45+,46+,47+,48+,49-,50+,51+,52+,53+,54+,55-,58-,59-,61-/m0/s1. The van der Waals surface area contributed by atoms with Crippen molar-refractivity contribution in [2.45, 2.75) is 201 Å². The smallest absolute Gasteiger partial charge is 0.349 e. The van der Waals surface area contributed by atoms with E-state index in [1.807, 2.05) is 0 Å². The number of esters is 11. The van der Waals surface area contributed by atoms with Crippen LogP contribution in [0, 0.1) is 0 Å². The molecule has 2 aromatic rings. The summed E-state index contributed by atoms with van der Waals surface area (Å²) in [4.78, 5) is 159. The molecule has 1 amide bonds. The summed E-state index contributed by atoms with van der Waals surface area (Å²) in [7, 11) is 0.943. The molecule has 16 atom stereocenters. The number of amides is 1. The molecule has 502 valence electrons. The highest BCUT2D eigenvalue weighted by Crippen LogP contribution is 2.51. The van der Waals surface area contributed by atoms with Crippen molar-refractivity contribution < 1.29 is 124 Å². The Morgan fingerprint density at radius 1 is 0.560 bits per heavy atom. The minimum absolute atomic E-state index is 0.0618. The van der Waals surface area contributed by atoms with Crippen LogP contribution in [0.15, 0.2) is 60.7 Å². The molecule has 0 unspecified atom stereocenters. The zero-order chi connectivity index (χ0) is 67.1. The van der Waals surface area contributed by atoms with Crippen LogP contribution in [0.2, 0.25) is 0 Å². The molecule has 30 heteroatoms. The number of rotatable bonds is 30. The van der Waals surface area contributed by atoms with E-state index in [-0.39, 0.29) is 11.1 Å². The van der Waals surface area contributed by atoms with Crippen molar-refractivity contribution in [2.75, 3.05) is 32.7 Å². The molecule has 27 nitrogen and oxygen atoms in total. The summed E-state index contributed by atoms with van der Waals surface area (Å²) >= 11 is 2.42. The highest BCUT2D eigenvalue weighted by Gasteiger charge is 2.64. The predicted molar refractivity (Wildman–Crippen MR) is 322 cm³/mol. The Bertz CT molecular complexity index is 2850. The fraction of sp³-hybridized carbons (Fsp3) is 0.607. The van der Waals surface area contributed by atoms with Crippen LogP contribution in [0.5, 0.6) is 0 Å². The van der Waals surface area contributed by atoms with Gasteiger partial charge in [0.25, 0.3) is 0 Å². The fourth-order valence-electron chi connectivity index (χ4n) is 10.2. The third kappa shape index (κ3) is 22.7. The zero-order valence-corrected chi connectivity index (χ0v) is 54.8. The first-order valence-electron chi connectivity index (χ1n) is 29.2. The average Bonchev–Trinajstić information content (AvgIpc) is 0.751. The van der Waals surface area contributed by atoms with E-state index in [1.165, 1.54) is 48.2 Å².